The Kier molecular flexibility index (Phi) is 15.6. The van der Waals surface area contributed by atoms with Gasteiger partial charge in [0, 0.05) is 52.0 Å². The van der Waals surface area contributed by atoms with Gasteiger partial charge in [0.05, 0.1) is 33.4 Å². The van der Waals surface area contributed by atoms with Crippen molar-refractivity contribution in [3.8, 4) is 0 Å². The third-order valence-corrected chi connectivity index (χ3v) is 8.95. The van der Waals surface area contributed by atoms with Gasteiger partial charge in [-0.05, 0) is 112 Å². The fourth-order valence-corrected chi connectivity index (χ4v) is 6.07. The number of pyridine rings is 4. The first-order valence-electron chi connectivity index (χ1n) is 18.1. The molecule has 279 valence electrons. The quantitative estimate of drug-likeness (QED) is 0.0747. The summed E-state index contributed by atoms with van der Waals surface area (Å²) < 4.78 is 0. The van der Waals surface area contributed by atoms with Crippen LogP contribution in [0.2, 0.25) is 0 Å². The number of para-hydroxylation sites is 4. The summed E-state index contributed by atoms with van der Waals surface area (Å²) in [4.78, 5) is 25.7. The van der Waals surface area contributed by atoms with E-state index in [-0.39, 0.29) is 19.5 Å². The Morgan fingerprint density at radius 1 is 0.509 bits per heavy atom. The van der Waals surface area contributed by atoms with Crippen LogP contribution in [-0.4, -0.2) is 46.5 Å². The predicted octanol–water partition coefficient (Wildman–Crippen LogP) is 12.3. The van der Waals surface area contributed by atoms with Gasteiger partial charge >= 0.3 is 19.5 Å². The van der Waals surface area contributed by atoms with Crippen LogP contribution in [0.15, 0.2) is 132 Å². The molecule has 0 unspecified atom stereocenters. The van der Waals surface area contributed by atoms with Gasteiger partial charge in [0.1, 0.15) is 0 Å². The molecule has 8 rings (SSSR count). The first-order valence-corrected chi connectivity index (χ1v) is 18.1. The Hall–Kier alpha value is -5.92. The van der Waals surface area contributed by atoms with Crippen LogP contribution >= 0.6 is 0 Å². The number of anilines is 1. The summed E-state index contributed by atoms with van der Waals surface area (Å²) in [6.07, 6.45) is 7.39. The van der Waals surface area contributed by atoms with Crippen molar-refractivity contribution < 1.29 is 19.5 Å². The zero-order valence-electron chi connectivity index (χ0n) is 32.4. The van der Waals surface area contributed by atoms with E-state index in [4.69, 9.17) is 0 Å². The molecule has 0 saturated carbocycles. The monoisotopic (exact) mass is 813 g/mol. The van der Waals surface area contributed by atoms with E-state index in [1.54, 1.807) is 0 Å². The minimum absolute atomic E-state index is 0. The van der Waals surface area contributed by atoms with Crippen molar-refractivity contribution >= 4 is 79.8 Å². The van der Waals surface area contributed by atoms with Gasteiger partial charge in [-0.2, -0.15) is 0 Å². The summed E-state index contributed by atoms with van der Waals surface area (Å²) in [6, 6.07) is 32.2. The summed E-state index contributed by atoms with van der Waals surface area (Å²) in [5.74, 6) is 0. The molecule has 0 aliphatic heterocycles. The van der Waals surface area contributed by atoms with Gasteiger partial charge in [-0.1, -0.05) is 68.4 Å². The number of aliphatic imine (C=N–C) groups is 2. The van der Waals surface area contributed by atoms with E-state index in [1.807, 2.05) is 111 Å². The molecule has 8 aromatic rings. The van der Waals surface area contributed by atoms with Gasteiger partial charge in [-0.25, -0.2) is 0 Å². The van der Waals surface area contributed by atoms with Gasteiger partial charge in [-0.3, -0.25) is 29.9 Å². The number of fused-ring (bicyclic) bond motifs is 6. The number of aryl methyl sites for hydroxylation is 4. The van der Waals surface area contributed by atoms with Gasteiger partial charge in [0.2, 0.25) is 0 Å². The average molecular weight is 813 g/mol. The van der Waals surface area contributed by atoms with Crippen LogP contribution in [0.1, 0.15) is 36.1 Å². The zero-order chi connectivity index (χ0) is 38.5. The van der Waals surface area contributed by atoms with E-state index in [0.29, 0.717) is 6.54 Å². The van der Waals surface area contributed by atoms with Gasteiger partial charge < -0.3 is 10.6 Å². The second kappa shape index (κ2) is 20.5. The van der Waals surface area contributed by atoms with E-state index >= 15 is 0 Å². The van der Waals surface area contributed by atoms with Gasteiger partial charge in [0.15, 0.2) is 0 Å². The summed E-state index contributed by atoms with van der Waals surface area (Å²) in [5.41, 5.74) is 12.5. The minimum Gasteiger partial charge on any atom is -0.681 e. The van der Waals surface area contributed by atoms with Crippen LogP contribution in [0.4, 0.5) is 22.7 Å². The smallest absolute Gasteiger partial charge is 0.681 e. The molecular weight excluding hydrogens is 766 g/mol. The maximum atomic E-state index is 4.51. The number of nitrogens with zero attached hydrogens (tertiary/aromatic N) is 7. The first-order chi connectivity index (χ1) is 26.4. The van der Waals surface area contributed by atoms with E-state index < -0.39 is 0 Å². The Morgan fingerprint density at radius 3 is 1.27 bits per heavy atom. The molecule has 0 aliphatic rings. The average Bonchev–Trinajstić information content (AvgIpc) is 3.21. The standard InChI is InChI=1S/C16H17N4.2C14H12N2.C2H6.Ru/c1-17-13-7-3-5-9-15(13)19-11-12-20-16-10-6-4-8-14(16)18-2;2*1-9-5-7-15-13-11(9)3-4-12-10(2)6-8-16-14(12)13;1-2;/h3-10,19H,1-2,11-12H2;2*3-8H,1-2H3;1-2H3;/q-1;;;;+1. The predicted molar refractivity (Wildman–Crippen MR) is 232 cm³/mol. The van der Waals surface area contributed by atoms with Crippen molar-refractivity contribution in [1.29, 1.82) is 0 Å². The second-order valence-electron chi connectivity index (χ2n) is 12.4. The largest absolute Gasteiger partial charge is 1.00 e. The van der Waals surface area contributed by atoms with E-state index in [1.165, 1.54) is 43.8 Å². The summed E-state index contributed by atoms with van der Waals surface area (Å²) in [6.45, 7) is 20.9. The fourth-order valence-electron chi connectivity index (χ4n) is 6.07. The summed E-state index contributed by atoms with van der Waals surface area (Å²) in [5, 5.41) is 12.6. The SMILES string of the molecule is C=Nc1ccccc1[N-]CCNc1ccccc1N=C.CC.Cc1ccnc2c1ccc1c(C)ccnc12.Cc1ccnc2c1ccc1c(C)ccnc12.[Ru+]. The molecular formula is C46H47N8Ru. The number of rotatable bonds is 7. The van der Waals surface area contributed by atoms with Crippen LogP contribution in [0.5, 0.6) is 0 Å². The third-order valence-electron chi connectivity index (χ3n) is 8.95. The molecule has 9 heteroatoms. The first kappa shape index (κ1) is 41.8. The van der Waals surface area contributed by atoms with Crippen LogP contribution in [0.25, 0.3) is 48.9 Å². The topological polar surface area (TPSA) is 102 Å². The molecule has 0 spiro atoms. The molecule has 0 fully saturated rings. The van der Waals surface area contributed by atoms with Crippen molar-refractivity contribution in [2.75, 3.05) is 18.4 Å². The molecule has 0 amide bonds. The minimum atomic E-state index is 0. The molecule has 0 saturated heterocycles. The van der Waals surface area contributed by atoms with E-state index in [9.17, 15) is 0 Å². The maximum Gasteiger partial charge on any atom is 1.00 e. The molecule has 0 atom stereocenters. The van der Waals surface area contributed by atoms with Crippen molar-refractivity contribution in [3.63, 3.8) is 0 Å². The molecule has 1 radical (unpaired) electrons. The summed E-state index contributed by atoms with van der Waals surface area (Å²) in [7, 11) is 0. The van der Waals surface area contributed by atoms with E-state index in [0.717, 1.165) is 51.4 Å². The number of hydrogen-bond donors (Lipinski definition) is 1. The van der Waals surface area contributed by atoms with Crippen LogP contribution < -0.4 is 5.32 Å². The Balaban J connectivity index is 0.000000179. The normalized spacial score (nSPS) is 10.1. The number of benzene rings is 4. The number of aromatic nitrogens is 4. The molecule has 0 aliphatic carbocycles. The van der Waals surface area contributed by atoms with Crippen molar-refractivity contribution in [2.45, 2.75) is 41.5 Å². The molecule has 8 nitrogen and oxygen atoms in total. The van der Waals surface area contributed by atoms with Gasteiger partial charge in [-0.15, -0.1) is 12.2 Å². The molecule has 4 aromatic heterocycles. The molecule has 4 aromatic carbocycles. The number of hydrogen-bond acceptors (Lipinski definition) is 7. The van der Waals surface area contributed by atoms with E-state index in [2.05, 4.69) is 106 Å². The van der Waals surface area contributed by atoms with Crippen molar-refractivity contribution in [3.05, 3.63) is 149 Å². The van der Waals surface area contributed by atoms with Crippen LogP contribution in [0.3, 0.4) is 0 Å². The van der Waals surface area contributed by atoms with Crippen molar-refractivity contribution in [1.82, 2.24) is 19.9 Å². The Morgan fingerprint density at radius 2 is 0.873 bits per heavy atom. The Labute approximate surface area is 337 Å². The molecule has 1 N–H and O–H groups in total. The number of nitrogens with one attached hydrogen (secondary N) is 1. The Bertz CT molecular complexity index is 2230. The zero-order valence-corrected chi connectivity index (χ0v) is 34.1. The molecule has 4 heterocycles. The maximum absolute atomic E-state index is 4.51. The molecule has 55 heavy (non-hydrogen) atoms. The fraction of sp³-hybridized carbons (Fsp3) is 0.174. The molecule has 0 bridgehead atoms. The second-order valence-corrected chi connectivity index (χ2v) is 12.4. The van der Waals surface area contributed by atoms with Crippen molar-refractivity contribution in [2.24, 2.45) is 9.98 Å². The third kappa shape index (κ3) is 9.99. The summed E-state index contributed by atoms with van der Waals surface area (Å²) >= 11 is 0. The van der Waals surface area contributed by atoms with Crippen LogP contribution in [0, 0.1) is 27.7 Å². The van der Waals surface area contributed by atoms with Gasteiger partial charge in [0.25, 0.3) is 0 Å². The van der Waals surface area contributed by atoms with Crippen LogP contribution in [-0.2, 0) is 19.5 Å².